The van der Waals surface area contributed by atoms with Gasteiger partial charge in [-0.3, -0.25) is 4.79 Å². The van der Waals surface area contributed by atoms with Crippen LogP contribution in [0.25, 0.3) is 0 Å². The summed E-state index contributed by atoms with van der Waals surface area (Å²) in [6.07, 6.45) is -2.76. The minimum Gasteiger partial charge on any atom is -0.481 e. The molecule has 0 saturated carbocycles. The van der Waals surface area contributed by atoms with Crippen molar-refractivity contribution in [3.05, 3.63) is 23.1 Å². The molecule has 0 N–H and O–H groups in total. The number of nitrogens with zero attached hydrogens (tertiary/aromatic N) is 1. The SMILES string of the molecule is COc1nc(C=O)c(F)cc1C(F)F. The number of rotatable bonds is 3. The number of aldehydes is 1. The Balaban J connectivity index is 3.31. The monoisotopic (exact) mass is 205 g/mol. The summed E-state index contributed by atoms with van der Waals surface area (Å²) in [5.74, 6) is -1.53. The second-order valence-corrected chi connectivity index (χ2v) is 2.37. The van der Waals surface area contributed by atoms with E-state index in [1.165, 1.54) is 0 Å². The average molecular weight is 205 g/mol. The van der Waals surface area contributed by atoms with Crippen LogP contribution in [-0.4, -0.2) is 18.4 Å². The summed E-state index contributed by atoms with van der Waals surface area (Å²) in [4.78, 5) is 13.5. The molecule has 0 spiro atoms. The van der Waals surface area contributed by atoms with Crippen LogP contribution in [0.1, 0.15) is 22.5 Å². The van der Waals surface area contributed by atoms with Crippen LogP contribution in [0.3, 0.4) is 0 Å². The number of carbonyl (C=O) groups excluding carboxylic acids is 1. The second-order valence-electron chi connectivity index (χ2n) is 2.37. The Morgan fingerprint density at radius 2 is 2.21 bits per heavy atom. The zero-order chi connectivity index (χ0) is 10.7. The van der Waals surface area contributed by atoms with E-state index in [2.05, 4.69) is 9.72 Å². The number of carbonyl (C=O) groups is 1. The fraction of sp³-hybridized carbons (Fsp3) is 0.250. The molecule has 1 rings (SSSR count). The molecule has 0 radical (unpaired) electrons. The molecule has 0 aromatic carbocycles. The van der Waals surface area contributed by atoms with Gasteiger partial charge < -0.3 is 4.74 Å². The number of aromatic nitrogens is 1. The molecule has 0 bridgehead atoms. The molecule has 0 saturated heterocycles. The van der Waals surface area contributed by atoms with Gasteiger partial charge >= 0.3 is 0 Å². The number of ether oxygens (including phenoxy) is 1. The molecular weight excluding hydrogens is 199 g/mol. The summed E-state index contributed by atoms with van der Waals surface area (Å²) in [5, 5.41) is 0. The summed E-state index contributed by atoms with van der Waals surface area (Å²) in [7, 11) is 1.11. The third kappa shape index (κ3) is 1.84. The van der Waals surface area contributed by atoms with Crippen LogP contribution < -0.4 is 4.74 Å². The Morgan fingerprint density at radius 3 is 2.64 bits per heavy atom. The molecule has 3 nitrogen and oxygen atoms in total. The van der Waals surface area contributed by atoms with Crippen LogP contribution in [-0.2, 0) is 0 Å². The smallest absolute Gasteiger partial charge is 0.269 e. The van der Waals surface area contributed by atoms with Crippen molar-refractivity contribution in [2.24, 2.45) is 0 Å². The third-order valence-electron chi connectivity index (χ3n) is 1.54. The van der Waals surface area contributed by atoms with Gasteiger partial charge in [0.25, 0.3) is 6.43 Å². The van der Waals surface area contributed by atoms with Gasteiger partial charge in [0.05, 0.1) is 12.7 Å². The lowest BCUT2D eigenvalue weighted by molar-refractivity contribution is 0.111. The van der Waals surface area contributed by atoms with Gasteiger partial charge in [-0.25, -0.2) is 18.2 Å². The van der Waals surface area contributed by atoms with Gasteiger partial charge in [0.15, 0.2) is 12.1 Å². The van der Waals surface area contributed by atoms with Crippen LogP contribution >= 0.6 is 0 Å². The van der Waals surface area contributed by atoms with E-state index >= 15 is 0 Å². The number of hydrogen-bond acceptors (Lipinski definition) is 3. The molecule has 14 heavy (non-hydrogen) atoms. The van der Waals surface area contributed by atoms with Crippen molar-refractivity contribution in [1.29, 1.82) is 0 Å². The maximum atomic E-state index is 12.8. The van der Waals surface area contributed by atoms with E-state index in [1.54, 1.807) is 0 Å². The Morgan fingerprint density at radius 1 is 1.57 bits per heavy atom. The molecule has 6 heteroatoms. The Bertz CT molecular complexity index is 355. The molecular formula is C8H6F3NO2. The number of halogens is 3. The Kier molecular flexibility index (Phi) is 3.06. The van der Waals surface area contributed by atoms with Crippen molar-refractivity contribution in [3.8, 4) is 5.88 Å². The van der Waals surface area contributed by atoms with Crippen molar-refractivity contribution in [3.63, 3.8) is 0 Å². The minimum atomic E-state index is -2.90. The third-order valence-corrected chi connectivity index (χ3v) is 1.54. The largest absolute Gasteiger partial charge is 0.481 e. The van der Waals surface area contributed by atoms with E-state index in [1.807, 2.05) is 0 Å². The summed E-state index contributed by atoms with van der Waals surface area (Å²) in [6, 6.07) is 0.542. The van der Waals surface area contributed by atoms with Crippen molar-refractivity contribution in [2.45, 2.75) is 6.43 Å². The van der Waals surface area contributed by atoms with Crippen molar-refractivity contribution in [1.82, 2.24) is 4.98 Å². The lowest BCUT2D eigenvalue weighted by atomic mass is 10.2. The lowest BCUT2D eigenvalue weighted by Gasteiger charge is -2.07. The molecule has 0 amide bonds. The van der Waals surface area contributed by atoms with E-state index in [9.17, 15) is 18.0 Å². The number of alkyl halides is 2. The Labute approximate surface area is 77.5 Å². The second kappa shape index (κ2) is 4.08. The zero-order valence-corrected chi connectivity index (χ0v) is 7.13. The van der Waals surface area contributed by atoms with E-state index in [4.69, 9.17) is 0 Å². The Hall–Kier alpha value is -1.59. The molecule has 0 atom stereocenters. The predicted molar refractivity (Wildman–Crippen MR) is 41.1 cm³/mol. The van der Waals surface area contributed by atoms with Gasteiger partial charge in [0, 0.05) is 0 Å². The van der Waals surface area contributed by atoms with Gasteiger partial charge in [0.2, 0.25) is 5.88 Å². The van der Waals surface area contributed by atoms with Crippen LogP contribution in [0.15, 0.2) is 6.07 Å². The molecule has 1 heterocycles. The molecule has 0 fully saturated rings. The lowest BCUT2D eigenvalue weighted by Crippen LogP contribution is -2.02. The molecule has 0 unspecified atom stereocenters. The standard InChI is InChI=1S/C8H6F3NO2/c1-14-8-4(7(10)11)2-5(9)6(3-13)12-8/h2-3,7H,1H3. The first-order chi connectivity index (χ1) is 6.60. The molecule has 0 aliphatic carbocycles. The van der Waals surface area contributed by atoms with Gasteiger partial charge in [-0.05, 0) is 6.07 Å². The summed E-state index contributed by atoms with van der Waals surface area (Å²) < 4.78 is 41.8. The van der Waals surface area contributed by atoms with Gasteiger partial charge in [-0.2, -0.15) is 0 Å². The molecule has 76 valence electrons. The minimum absolute atomic E-state index is 0.132. The quantitative estimate of drug-likeness (QED) is 0.708. The summed E-state index contributed by atoms with van der Waals surface area (Å²) in [5.41, 5.74) is -1.22. The summed E-state index contributed by atoms with van der Waals surface area (Å²) in [6.45, 7) is 0. The van der Waals surface area contributed by atoms with Crippen LogP contribution in [0.2, 0.25) is 0 Å². The van der Waals surface area contributed by atoms with Crippen molar-refractivity contribution >= 4 is 6.29 Å². The molecule has 0 aliphatic rings. The zero-order valence-electron chi connectivity index (χ0n) is 7.13. The molecule has 1 aromatic heterocycles. The highest BCUT2D eigenvalue weighted by atomic mass is 19.3. The fourth-order valence-electron chi connectivity index (χ4n) is 0.902. The summed E-state index contributed by atoms with van der Waals surface area (Å²) >= 11 is 0. The van der Waals surface area contributed by atoms with E-state index in [0.717, 1.165) is 7.11 Å². The maximum Gasteiger partial charge on any atom is 0.269 e. The fourth-order valence-corrected chi connectivity index (χ4v) is 0.902. The van der Waals surface area contributed by atoms with Crippen molar-refractivity contribution < 1.29 is 22.7 Å². The molecule has 0 aliphatic heterocycles. The predicted octanol–water partition coefficient (Wildman–Crippen LogP) is 1.98. The number of methoxy groups -OCH3 is 1. The first kappa shape index (κ1) is 10.5. The highest BCUT2D eigenvalue weighted by Gasteiger charge is 2.18. The topological polar surface area (TPSA) is 39.2 Å². The van der Waals surface area contributed by atoms with E-state index < -0.39 is 29.4 Å². The highest BCUT2D eigenvalue weighted by Crippen LogP contribution is 2.28. The normalized spacial score (nSPS) is 10.4. The van der Waals surface area contributed by atoms with Gasteiger partial charge in [-0.15, -0.1) is 0 Å². The van der Waals surface area contributed by atoms with Gasteiger partial charge in [-0.1, -0.05) is 0 Å². The van der Waals surface area contributed by atoms with E-state index in [0.29, 0.717) is 6.07 Å². The van der Waals surface area contributed by atoms with Crippen molar-refractivity contribution in [2.75, 3.05) is 7.11 Å². The van der Waals surface area contributed by atoms with Crippen LogP contribution in [0.4, 0.5) is 13.2 Å². The maximum absolute atomic E-state index is 12.8. The van der Waals surface area contributed by atoms with Crippen LogP contribution in [0, 0.1) is 5.82 Å². The van der Waals surface area contributed by atoms with E-state index in [-0.39, 0.29) is 6.29 Å². The first-order valence-corrected chi connectivity index (χ1v) is 3.58. The van der Waals surface area contributed by atoms with Crippen LogP contribution in [0.5, 0.6) is 5.88 Å². The molecule has 1 aromatic rings. The highest BCUT2D eigenvalue weighted by molar-refractivity contribution is 5.72. The first-order valence-electron chi connectivity index (χ1n) is 3.58. The van der Waals surface area contributed by atoms with Gasteiger partial charge in [0.1, 0.15) is 5.69 Å². The number of hydrogen-bond donors (Lipinski definition) is 0. The average Bonchev–Trinajstić information content (AvgIpc) is 2.17. The number of pyridine rings is 1.